The van der Waals surface area contributed by atoms with Crippen molar-refractivity contribution in [3.63, 3.8) is 0 Å². The van der Waals surface area contributed by atoms with Crippen LogP contribution in [0.1, 0.15) is 19.0 Å². The molecule has 1 unspecified atom stereocenters. The van der Waals surface area contributed by atoms with Crippen LogP contribution < -0.4 is 4.90 Å². The number of H-pyrrole nitrogens is 1. The molecule has 4 heteroatoms. The number of aromatic amines is 1. The van der Waals surface area contributed by atoms with Crippen LogP contribution >= 0.6 is 0 Å². The van der Waals surface area contributed by atoms with E-state index in [2.05, 4.69) is 21.8 Å². The van der Waals surface area contributed by atoms with E-state index >= 15 is 0 Å². The van der Waals surface area contributed by atoms with Gasteiger partial charge in [-0.2, -0.15) is 0 Å². The molecule has 1 fully saturated rings. The number of aryl methyl sites for hydroxylation is 1. The molecule has 1 aliphatic heterocycles. The second-order valence-electron chi connectivity index (χ2n) is 3.69. The fraction of sp³-hybridized carbons (Fsp3) is 0.700. The van der Waals surface area contributed by atoms with Crippen molar-refractivity contribution >= 4 is 5.95 Å². The summed E-state index contributed by atoms with van der Waals surface area (Å²) < 4.78 is 5.38. The van der Waals surface area contributed by atoms with Crippen molar-refractivity contribution in [3.8, 4) is 0 Å². The van der Waals surface area contributed by atoms with Crippen molar-refractivity contribution in [2.24, 2.45) is 0 Å². The summed E-state index contributed by atoms with van der Waals surface area (Å²) in [5.41, 5.74) is 1.11. The van der Waals surface area contributed by atoms with E-state index in [9.17, 15) is 0 Å². The van der Waals surface area contributed by atoms with Gasteiger partial charge in [-0.05, 0) is 20.3 Å². The third-order valence-corrected chi connectivity index (χ3v) is 2.65. The maximum Gasteiger partial charge on any atom is 0.203 e. The third-order valence-electron chi connectivity index (χ3n) is 2.65. The van der Waals surface area contributed by atoms with Gasteiger partial charge in [0.1, 0.15) is 0 Å². The largest absolute Gasteiger partial charge is 0.379 e. The first-order valence-electron chi connectivity index (χ1n) is 5.17. The van der Waals surface area contributed by atoms with Crippen LogP contribution in [-0.4, -0.2) is 35.8 Å². The molecule has 1 atom stereocenters. The third kappa shape index (κ3) is 1.75. The normalized spacial score (nSPS) is 21.4. The zero-order valence-corrected chi connectivity index (χ0v) is 8.79. The Hall–Kier alpha value is -1.03. The molecule has 1 aliphatic rings. The van der Waals surface area contributed by atoms with Crippen molar-refractivity contribution in [3.05, 3.63) is 11.9 Å². The lowest BCUT2D eigenvalue weighted by Gasteiger charge is -2.25. The predicted molar refractivity (Wildman–Crippen MR) is 55.6 cm³/mol. The maximum absolute atomic E-state index is 5.38. The lowest BCUT2D eigenvalue weighted by molar-refractivity contribution is 0.193. The summed E-state index contributed by atoms with van der Waals surface area (Å²) in [6, 6.07) is 0.491. The van der Waals surface area contributed by atoms with E-state index in [1.54, 1.807) is 0 Å². The molecule has 1 saturated heterocycles. The molecule has 4 nitrogen and oxygen atoms in total. The number of likely N-dealkylation sites (N-methyl/N-ethyl adjacent to an activating group) is 1. The summed E-state index contributed by atoms with van der Waals surface area (Å²) in [4.78, 5) is 9.89. The van der Waals surface area contributed by atoms with E-state index in [1.807, 2.05) is 13.1 Å². The molecule has 0 bridgehead atoms. The molecule has 2 rings (SSSR count). The molecular formula is C10H17N3O. The lowest BCUT2D eigenvalue weighted by atomic mass is 10.2. The Morgan fingerprint density at radius 3 is 3.07 bits per heavy atom. The van der Waals surface area contributed by atoms with Crippen molar-refractivity contribution in [2.75, 3.05) is 24.7 Å². The van der Waals surface area contributed by atoms with Crippen LogP contribution in [0.15, 0.2) is 6.20 Å². The Bertz CT molecular complexity index is 291. The molecule has 1 aromatic heterocycles. The summed E-state index contributed by atoms with van der Waals surface area (Å²) in [7, 11) is 0. The van der Waals surface area contributed by atoms with Gasteiger partial charge in [0.25, 0.3) is 0 Å². The molecule has 0 saturated carbocycles. The van der Waals surface area contributed by atoms with Gasteiger partial charge in [-0.25, -0.2) is 4.98 Å². The highest BCUT2D eigenvalue weighted by molar-refractivity contribution is 5.33. The molecule has 14 heavy (non-hydrogen) atoms. The number of nitrogens with one attached hydrogen (secondary N) is 1. The van der Waals surface area contributed by atoms with E-state index in [0.29, 0.717) is 6.04 Å². The SMILES string of the molecule is CCN(c1ncc(C)[nH]1)C1CCOC1. The summed E-state index contributed by atoms with van der Waals surface area (Å²) in [5.74, 6) is 0.973. The molecule has 0 amide bonds. The summed E-state index contributed by atoms with van der Waals surface area (Å²) in [6.07, 6.45) is 2.97. The van der Waals surface area contributed by atoms with E-state index < -0.39 is 0 Å². The maximum atomic E-state index is 5.38. The summed E-state index contributed by atoms with van der Waals surface area (Å²) >= 11 is 0. The highest BCUT2D eigenvalue weighted by Crippen LogP contribution is 2.18. The van der Waals surface area contributed by atoms with Crippen LogP contribution in [0, 0.1) is 6.92 Å². The van der Waals surface area contributed by atoms with Crippen molar-refractivity contribution < 1.29 is 4.74 Å². The van der Waals surface area contributed by atoms with E-state index in [-0.39, 0.29) is 0 Å². The number of rotatable bonds is 3. The van der Waals surface area contributed by atoms with Crippen molar-refractivity contribution in [1.82, 2.24) is 9.97 Å². The summed E-state index contributed by atoms with van der Waals surface area (Å²) in [5, 5.41) is 0. The van der Waals surface area contributed by atoms with Crippen LogP contribution in [0.25, 0.3) is 0 Å². The van der Waals surface area contributed by atoms with Gasteiger partial charge in [0.2, 0.25) is 5.95 Å². The second kappa shape index (κ2) is 4.00. The molecule has 0 spiro atoms. The fourth-order valence-corrected chi connectivity index (χ4v) is 1.89. The number of hydrogen-bond donors (Lipinski definition) is 1. The van der Waals surface area contributed by atoms with Gasteiger partial charge in [-0.15, -0.1) is 0 Å². The standard InChI is InChI=1S/C10H17N3O/c1-3-13(9-4-5-14-7-9)10-11-6-8(2)12-10/h6,9H,3-5,7H2,1-2H3,(H,11,12). The Labute approximate surface area is 84.3 Å². The second-order valence-corrected chi connectivity index (χ2v) is 3.69. The van der Waals surface area contributed by atoms with Gasteiger partial charge in [-0.1, -0.05) is 0 Å². The first-order valence-corrected chi connectivity index (χ1v) is 5.17. The Kier molecular flexibility index (Phi) is 2.72. The molecular weight excluding hydrogens is 178 g/mol. The lowest BCUT2D eigenvalue weighted by Crippen LogP contribution is -2.36. The van der Waals surface area contributed by atoms with Gasteiger partial charge in [-0.3, -0.25) is 0 Å². The van der Waals surface area contributed by atoms with Gasteiger partial charge in [0.15, 0.2) is 0 Å². The van der Waals surface area contributed by atoms with Crippen LogP contribution in [0.3, 0.4) is 0 Å². The van der Waals surface area contributed by atoms with Crippen LogP contribution in [0.5, 0.6) is 0 Å². The van der Waals surface area contributed by atoms with Gasteiger partial charge >= 0.3 is 0 Å². The topological polar surface area (TPSA) is 41.2 Å². The predicted octanol–water partition coefficient (Wildman–Crippen LogP) is 1.33. The van der Waals surface area contributed by atoms with Crippen molar-refractivity contribution in [1.29, 1.82) is 0 Å². The Balaban J connectivity index is 2.12. The number of hydrogen-bond acceptors (Lipinski definition) is 3. The number of ether oxygens (including phenoxy) is 1. The molecule has 0 aromatic carbocycles. The average molecular weight is 195 g/mol. The molecule has 0 aliphatic carbocycles. The number of nitrogens with zero attached hydrogens (tertiary/aromatic N) is 2. The smallest absolute Gasteiger partial charge is 0.203 e. The first-order chi connectivity index (χ1) is 6.81. The monoisotopic (exact) mass is 195 g/mol. The average Bonchev–Trinajstić information content (AvgIpc) is 2.79. The number of imidazole rings is 1. The number of aromatic nitrogens is 2. The molecule has 1 N–H and O–H groups in total. The summed E-state index contributed by atoms with van der Waals surface area (Å²) in [6.45, 7) is 6.85. The van der Waals surface area contributed by atoms with Gasteiger partial charge in [0, 0.05) is 25.0 Å². The molecule has 2 heterocycles. The first kappa shape index (κ1) is 9.52. The quantitative estimate of drug-likeness (QED) is 0.791. The minimum atomic E-state index is 0.491. The fourth-order valence-electron chi connectivity index (χ4n) is 1.89. The Morgan fingerprint density at radius 2 is 2.57 bits per heavy atom. The van der Waals surface area contributed by atoms with Gasteiger partial charge in [0.05, 0.1) is 12.6 Å². The minimum absolute atomic E-state index is 0.491. The highest BCUT2D eigenvalue weighted by atomic mass is 16.5. The van der Waals surface area contributed by atoms with Crippen LogP contribution in [0.4, 0.5) is 5.95 Å². The van der Waals surface area contributed by atoms with Crippen LogP contribution in [-0.2, 0) is 4.74 Å². The van der Waals surface area contributed by atoms with E-state index in [0.717, 1.165) is 37.8 Å². The molecule has 1 aromatic rings. The Morgan fingerprint density at radius 1 is 1.71 bits per heavy atom. The molecule has 78 valence electrons. The zero-order chi connectivity index (χ0) is 9.97. The molecule has 0 radical (unpaired) electrons. The van der Waals surface area contributed by atoms with E-state index in [4.69, 9.17) is 4.74 Å². The highest BCUT2D eigenvalue weighted by Gasteiger charge is 2.23. The number of anilines is 1. The minimum Gasteiger partial charge on any atom is -0.379 e. The van der Waals surface area contributed by atoms with Crippen LogP contribution in [0.2, 0.25) is 0 Å². The van der Waals surface area contributed by atoms with Crippen molar-refractivity contribution in [2.45, 2.75) is 26.3 Å². The van der Waals surface area contributed by atoms with E-state index in [1.165, 1.54) is 0 Å². The van der Waals surface area contributed by atoms with Gasteiger partial charge < -0.3 is 14.6 Å². The zero-order valence-electron chi connectivity index (χ0n) is 8.79.